The molecule has 1 atom stereocenters. The number of nitrogens with one attached hydrogen (secondary N) is 2. The van der Waals surface area contributed by atoms with Gasteiger partial charge in [-0.3, -0.25) is 9.59 Å². The van der Waals surface area contributed by atoms with Crippen LogP contribution >= 0.6 is 0 Å². The Balaban J connectivity index is 1.99. The predicted octanol–water partition coefficient (Wildman–Crippen LogP) is 2.18. The fourth-order valence-electron chi connectivity index (χ4n) is 2.34. The smallest absolute Gasteiger partial charge is 0.375 e. The topological polar surface area (TPSA) is 78.4 Å². The second-order valence-electron chi connectivity index (χ2n) is 6.08. The molecule has 2 aromatic carbocycles. The number of amides is 2. The molecule has 2 amide bonds. The maximum Gasteiger partial charge on any atom is 0.423 e. The number of carbonyl (C=O) groups is 2. The minimum atomic E-state index is -5.04. The molecule has 144 valence electrons. The fourth-order valence-corrected chi connectivity index (χ4v) is 2.34. The average molecular weight is 380 g/mol. The summed E-state index contributed by atoms with van der Waals surface area (Å²) in [6.07, 6.45) is -5.04. The SMILES string of the molecule is Cc1ccc(CNC(=O)C(=O)NCC(O)(c2ccccc2)C(F)(F)F)cc1. The van der Waals surface area contributed by atoms with E-state index in [1.54, 1.807) is 12.1 Å². The van der Waals surface area contributed by atoms with Crippen LogP contribution in [0.15, 0.2) is 54.6 Å². The summed E-state index contributed by atoms with van der Waals surface area (Å²) in [6, 6.07) is 13.5. The quantitative estimate of drug-likeness (QED) is 0.696. The lowest BCUT2D eigenvalue weighted by atomic mass is 9.93. The zero-order valence-electron chi connectivity index (χ0n) is 14.5. The molecule has 0 bridgehead atoms. The minimum absolute atomic E-state index is 0.0504. The molecule has 0 aliphatic rings. The summed E-state index contributed by atoms with van der Waals surface area (Å²) in [5, 5.41) is 14.3. The van der Waals surface area contributed by atoms with Crippen LogP contribution < -0.4 is 10.6 Å². The number of benzene rings is 2. The van der Waals surface area contributed by atoms with Crippen molar-refractivity contribution < 1.29 is 27.9 Å². The molecule has 0 aliphatic heterocycles. The largest absolute Gasteiger partial charge is 0.423 e. The van der Waals surface area contributed by atoms with Crippen LogP contribution in [-0.4, -0.2) is 29.6 Å². The van der Waals surface area contributed by atoms with Crippen LogP contribution in [0.25, 0.3) is 0 Å². The van der Waals surface area contributed by atoms with Crippen LogP contribution in [0, 0.1) is 6.92 Å². The molecule has 0 saturated heterocycles. The third kappa shape index (κ3) is 5.07. The Morgan fingerprint density at radius 3 is 2.04 bits per heavy atom. The molecule has 0 heterocycles. The molecular weight excluding hydrogens is 361 g/mol. The van der Waals surface area contributed by atoms with E-state index in [1.165, 1.54) is 18.2 Å². The normalized spacial score (nSPS) is 13.5. The van der Waals surface area contributed by atoms with E-state index in [0.29, 0.717) is 0 Å². The summed E-state index contributed by atoms with van der Waals surface area (Å²) in [4.78, 5) is 23.6. The van der Waals surface area contributed by atoms with Gasteiger partial charge >= 0.3 is 18.0 Å². The maximum absolute atomic E-state index is 13.3. The van der Waals surface area contributed by atoms with Crippen LogP contribution in [0.5, 0.6) is 0 Å². The van der Waals surface area contributed by atoms with Crippen LogP contribution in [0.4, 0.5) is 13.2 Å². The van der Waals surface area contributed by atoms with Gasteiger partial charge in [0.15, 0.2) is 0 Å². The van der Waals surface area contributed by atoms with E-state index in [0.717, 1.165) is 23.3 Å². The summed E-state index contributed by atoms with van der Waals surface area (Å²) in [7, 11) is 0. The van der Waals surface area contributed by atoms with Crippen molar-refractivity contribution in [3.63, 3.8) is 0 Å². The van der Waals surface area contributed by atoms with Crippen molar-refractivity contribution in [1.82, 2.24) is 10.6 Å². The number of aliphatic hydroxyl groups is 1. The molecule has 1 unspecified atom stereocenters. The molecule has 2 aromatic rings. The van der Waals surface area contributed by atoms with Gasteiger partial charge in [-0.05, 0) is 18.1 Å². The number of aryl methyl sites for hydroxylation is 1. The molecule has 27 heavy (non-hydrogen) atoms. The number of rotatable bonds is 5. The van der Waals surface area contributed by atoms with Gasteiger partial charge in [-0.2, -0.15) is 13.2 Å². The highest BCUT2D eigenvalue weighted by Crippen LogP contribution is 2.38. The van der Waals surface area contributed by atoms with Crippen molar-refractivity contribution in [3.8, 4) is 0 Å². The summed E-state index contributed by atoms with van der Waals surface area (Å²) in [6.45, 7) is 0.760. The van der Waals surface area contributed by atoms with Crippen molar-refractivity contribution in [3.05, 3.63) is 71.3 Å². The lowest BCUT2D eigenvalue weighted by molar-refractivity contribution is -0.264. The van der Waals surface area contributed by atoms with E-state index >= 15 is 0 Å². The van der Waals surface area contributed by atoms with Crippen molar-refractivity contribution in [1.29, 1.82) is 0 Å². The molecule has 8 heteroatoms. The molecule has 0 fully saturated rings. The lowest BCUT2D eigenvalue weighted by Crippen LogP contribution is -2.53. The Labute approximate surface area is 154 Å². The van der Waals surface area contributed by atoms with Gasteiger partial charge in [0.05, 0.1) is 6.54 Å². The molecule has 3 N–H and O–H groups in total. The number of hydrogen-bond donors (Lipinski definition) is 3. The van der Waals surface area contributed by atoms with Crippen LogP contribution in [-0.2, 0) is 21.7 Å². The first-order valence-electron chi connectivity index (χ1n) is 8.10. The predicted molar refractivity (Wildman–Crippen MR) is 92.4 cm³/mol. The minimum Gasteiger partial charge on any atom is -0.375 e. The van der Waals surface area contributed by atoms with Crippen LogP contribution in [0.2, 0.25) is 0 Å². The highest BCUT2D eigenvalue weighted by Gasteiger charge is 2.55. The number of hydrogen-bond acceptors (Lipinski definition) is 3. The Hall–Kier alpha value is -2.87. The number of halogens is 3. The van der Waals surface area contributed by atoms with Gasteiger partial charge in [-0.25, -0.2) is 0 Å². The van der Waals surface area contributed by atoms with E-state index < -0.39 is 35.7 Å². The summed E-state index contributed by atoms with van der Waals surface area (Å²) >= 11 is 0. The lowest BCUT2D eigenvalue weighted by Gasteiger charge is -2.31. The Morgan fingerprint density at radius 2 is 1.48 bits per heavy atom. The van der Waals surface area contributed by atoms with Crippen molar-refractivity contribution in [2.45, 2.75) is 25.2 Å². The Morgan fingerprint density at radius 1 is 0.926 bits per heavy atom. The Kier molecular flexibility index (Phi) is 6.22. The molecule has 0 saturated carbocycles. The Bertz CT molecular complexity index is 792. The van der Waals surface area contributed by atoms with Gasteiger partial charge in [0, 0.05) is 6.54 Å². The van der Waals surface area contributed by atoms with Gasteiger partial charge in [0.1, 0.15) is 0 Å². The van der Waals surface area contributed by atoms with Gasteiger partial charge in [-0.1, -0.05) is 60.2 Å². The second kappa shape index (κ2) is 8.22. The second-order valence-corrected chi connectivity index (χ2v) is 6.08. The first kappa shape index (κ1) is 20.4. The van der Waals surface area contributed by atoms with E-state index in [9.17, 15) is 27.9 Å². The first-order chi connectivity index (χ1) is 12.6. The summed E-state index contributed by atoms with van der Waals surface area (Å²) < 4.78 is 40.0. The monoisotopic (exact) mass is 380 g/mol. The zero-order valence-corrected chi connectivity index (χ0v) is 14.5. The zero-order chi connectivity index (χ0) is 20.1. The van der Waals surface area contributed by atoms with Crippen molar-refractivity contribution in [2.75, 3.05) is 6.54 Å². The van der Waals surface area contributed by atoms with Gasteiger partial charge in [0.2, 0.25) is 5.60 Å². The third-order valence-corrected chi connectivity index (χ3v) is 4.00. The number of alkyl halides is 3. The van der Waals surface area contributed by atoms with Gasteiger partial charge < -0.3 is 15.7 Å². The van der Waals surface area contributed by atoms with E-state index in [1.807, 2.05) is 24.4 Å². The van der Waals surface area contributed by atoms with E-state index in [4.69, 9.17) is 0 Å². The maximum atomic E-state index is 13.3. The standard InChI is InChI=1S/C19H19F3N2O3/c1-13-7-9-14(10-8-13)11-23-16(25)17(26)24-12-18(27,19(20,21)22)15-5-3-2-4-6-15/h2-10,27H,11-12H2,1H3,(H,23,25)(H,24,26). The molecule has 0 aliphatic carbocycles. The summed E-state index contributed by atoms with van der Waals surface area (Å²) in [5.41, 5.74) is -1.98. The van der Waals surface area contributed by atoms with E-state index in [-0.39, 0.29) is 6.54 Å². The fraction of sp³-hybridized carbons (Fsp3) is 0.263. The average Bonchev–Trinajstić information content (AvgIpc) is 2.64. The van der Waals surface area contributed by atoms with Crippen LogP contribution in [0.3, 0.4) is 0 Å². The molecular formula is C19H19F3N2O3. The molecule has 5 nitrogen and oxygen atoms in total. The highest BCUT2D eigenvalue weighted by atomic mass is 19.4. The molecule has 0 spiro atoms. The van der Waals surface area contributed by atoms with Crippen LogP contribution in [0.1, 0.15) is 16.7 Å². The third-order valence-electron chi connectivity index (χ3n) is 4.00. The molecule has 0 radical (unpaired) electrons. The first-order valence-corrected chi connectivity index (χ1v) is 8.10. The summed E-state index contributed by atoms with van der Waals surface area (Å²) in [5.74, 6) is -2.35. The highest BCUT2D eigenvalue weighted by molar-refractivity contribution is 6.35. The van der Waals surface area contributed by atoms with Gasteiger partial charge in [-0.15, -0.1) is 0 Å². The number of carbonyl (C=O) groups excluding carboxylic acids is 2. The van der Waals surface area contributed by atoms with Gasteiger partial charge in [0.25, 0.3) is 0 Å². The molecule has 2 rings (SSSR count). The van der Waals surface area contributed by atoms with Crippen molar-refractivity contribution >= 4 is 11.8 Å². The van der Waals surface area contributed by atoms with Crippen molar-refractivity contribution in [2.24, 2.45) is 0 Å². The molecule has 0 aromatic heterocycles. The van der Waals surface area contributed by atoms with E-state index in [2.05, 4.69) is 5.32 Å².